The van der Waals surface area contributed by atoms with E-state index in [2.05, 4.69) is 0 Å². The number of carbonyl (C=O) groups is 1. The summed E-state index contributed by atoms with van der Waals surface area (Å²) < 4.78 is 12.7. The molecule has 3 unspecified atom stereocenters. The highest BCUT2D eigenvalue weighted by molar-refractivity contribution is 5.85. The monoisotopic (exact) mass is 234 g/mol. The number of halogens is 1. The van der Waals surface area contributed by atoms with E-state index in [1.54, 1.807) is 12.1 Å². The summed E-state index contributed by atoms with van der Waals surface area (Å²) in [7, 11) is 0. The van der Waals surface area contributed by atoms with E-state index in [-0.39, 0.29) is 17.6 Å². The van der Waals surface area contributed by atoms with Gasteiger partial charge in [-0.05, 0) is 36.1 Å². The maximum Gasteiger partial charge on any atom is 0.226 e. The van der Waals surface area contributed by atoms with Gasteiger partial charge in [0.05, 0.1) is 0 Å². The maximum atomic E-state index is 12.7. The summed E-state index contributed by atoms with van der Waals surface area (Å²) in [6.07, 6.45) is 0. The number of hydrogen-bond donors (Lipinski definition) is 1. The van der Waals surface area contributed by atoms with Crippen molar-refractivity contribution in [3.63, 3.8) is 0 Å². The Bertz CT molecular complexity index is 445. The molecule has 3 nitrogen and oxygen atoms in total. The Morgan fingerprint density at radius 3 is 2.59 bits per heavy atom. The first-order valence-corrected chi connectivity index (χ1v) is 5.94. The summed E-state index contributed by atoms with van der Waals surface area (Å²) in [5.41, 5.74) is 6.57. The first kappa shape index (κ1) is 10.7. The summed E-state index contributed by atoms with van der Waals surface area (Å²) in [6, 6.07) is 6.32. The molecule has 4 heteroatoms. The normalized spacial score (nSPS) is 30.6. The number of amides is 1. The van der Waals surface area contributed by atoms with Crippen molar-refractivity contribution in [3.8, 4) is 0 Å². The standard InChI is InChI=1S/C13H15FN2O/c14-9-3-1-8(2-4-9)6-16-7-11-10(5-15)12(11)13(16)17/h1-4,10-12H,5-7,15H2. The summed E-state index contributed by atoms with van der Waals surface area (Å²) in [6.45, 7) is 2.01. The third kappa shape index (κ3) is 1.72. The van der Waals surface area contributed by atoms with Crippen LogP contribution in [0.5, 0.6) is 0 Å². The molecule has 1 saturated heterocycles. The van der Waals surface area contributed by atoms with Gasteiger partial charge in [0.15, 0.2) is 0 Å². The summed E-state index contributed by atoms with van der Waals surface area (Å²) >= 11 is 0. The van der Waals surface area contributed by atoms with Crippen LogP contribution in [0.1, 0.15) is 5.56 Å². The van der Waals surface area contributed by atoms with Gasteiger partial charge >= 0.3 is 0 Å². The quantitative estimate of drug-likeness (QED) is 0.847. The first-order chi connectivity index (χ1) is 8.20. The molecular formula is C13H15FN2O. The molecule has 1 saturated carbocycles. The lowest BCUT2D eigenvalue weighted by Crippen LogP contribution is -2.30. The average Bonchev–Trinajstić information content (AvgIpc) is 2.94. The molecule has 1 aromatic carbocycles. The minimum Gasteiger partial charge on any atom is -0.338 e. The van der Waals surface area contributed by atoms with Crippen molar-refractivity contribution in [1.29, 1.82) is 0 Å². The van der Waals surface area contributed by atoms with Gasteiger partial charge in [0, 0.05) is 19.0 Å². The van der Waals surface area contributed by atoms with Gasteiger partial charge < -0.3 is 10.6 Å². The third-order valence-corrected chi connectivity index (χ3v) is 3.92. The number of rotatable bonds is 3. The molecule has 1 aliphatic carbocycles. The van der Waals surface area contributed by atoms with Crippen molar-refractivity contribution in [2.45, 2.75) is 6.54 Å². The minimum absolute atomic E-state index is 0.167. The highest BCUT2D eigenvalue weighted by Gasteiger charge is 2.60. The fraction of sp³-hybridized carbons (Fsp3) is 0.462. The number of benzene rings is 1. The van der Waals surface area contributed by atoms with E-state index in [0.717, 1.165) is 12.1 Å². The zero-order chi connectivity index (χ0) is 12.0. The molecule has 1 aliphatic heterocycles. The number of fused-ring (bicyclic) bond motifs is 1. The van der Waals surface area contributed by atoms with E-state index in [9.17, 15) is 9.18 Å². The topological polar surface area (TPSA) is 46.3 Å². The van der Waals surface area contributed by atoms with E-state index >= 15 is 0 Å². The van der Waals surface area contributed by atoms with Crippen LogP contribution in [0.15, 0.2) is 24.3 Å². The van der Waals surface area contributed by atoms with Crippen LogP contribution in [-0.4, -0.2) is 23.9 Å². The molecular weight excluding hydrogens is 219 g/mol. The Hall–Kier alpha value is -1.42. The van der Waals surface area contributed by atoms with Crippen LogP contribution >= 0.6 is 0 Å². The molecule has 0 spiro atoms. The van der Waals surface area contributed by atoms with Crippen LogP contribution in [0, 0.1) is 23.6 Å². The molecule has 0 bridgehead atoms. The Kier molecular flexibility index (Phi) is 2.40. The Morgan fingerprint density at radius 1 is 1.35 bits per heavy atom. The predicted octanol–water partition coefficient (Wildman–Crippen LogP) is 0.989. The largest absolute Gasteiger partial charge is 0.338 e. The lowest BCUT2D eigenvalue weighted by molar-refractivity contribution is -0.131. The van der Waals surface area contributed by atoms with E-state index in [1.165, 1.54) is 12.1 Å². The second-order valence-corrected chi connectivity index (χ2v) is 4.93. The molecule has 3 atom stereocenters. The fourth-order valence-electron chi connectivity index (χ4n) is 2.89. The van der Waals surface area contributed by atoms with Crippen molar-refractivity contribution in [2.75, 3.05) is 13.1 Å². The van der Waals surface area contributed by atoms with Crippen molar-refractivity contribution in [2.24, 2.45) is 23.5 Å². The number of likely N-dealkylation sites (tertiary alicyclic amines) is 1. The van der Waals surface area contributed by atoms with Gasteiger partial charge in [0.25, 0.3) is 0 Å². The van der Waals surface area contributed by atoms with Gasteiger partial charge in [-0.2, -0.15) is 0 Å². The van der Waals surface area contributed by atoms with Crippen molar-refractivity contribution >= 4 is 5.91 Å². The molecule has 2 N–H and O–H groups in total. The van der Waals surface area contributed by atoms with E-state index in [0.29, 0.717) is 24.9 Å². The fourth-order valence-corrected chi connectivity index (χ4v) is 2.89. The molecule has 0 radical (unpaired) electrons. The van der Waals surface area contributed by atoms with Crippen molar-refractivity contribution in [3.05, 3.63) is 35.6 Å². The van der Waals surface area contributed by atoms with Gasteiger partial charge in [0.1, 0.15) is 5.82 Å². The van der Waals surface area contributed by atoms with E-state index < -0.39 is 0 Å². The predicted molar refractivity (Wildman–Crippen MR) is 61.3 cm³/mol. The molecule has 17 heavy (non-hydrogen) atoms. The molecule has 1 heterocycles. The Labute approximate surface area is 99.4 Å². The Balaban J connectivity index is 1.65. The summed E-state index contributed by atoms with van der Waals surface area (Å²) in [5, 5.41) is 0. The zero-order valence-corrected chi connectivity index (χ0v) is 9.47. The second-order valence-electron chi connectivity index (χ2n) is 4.93. The molecule has 3 rings (SSSR count). The first-order valence-electron chi connectivity index (χ1n) is 5.94. The highest BCUT2D eigenvalue weighted by atomic mass is 19.1. The minimum atomic E-state index is -0.243. The Morgan fingerprint density at radius 2 is 2.06 bits per heavy atom. The smallest absolute Gasteiger partial charge is 0.226 e. The summed E-state index contributed by atoms with van der Waals surface area (Å²) in [5.74, 6) is 1.02. The van der Waals surface area contributed by atoms with Gasteiger partial charge in [0.2, 0.25) is 5.91 Å². The number of hydrogen-bond acceptors (Lipinski definition) is 2. The van der Waals surface area contributed by atoms with Gasteiger partial charge in [-0.1, -0.05) is 12.1 Å². The number of nitrogens with zero attached hydrogens (tertiary/aromatic N) is 1. The van der Waals surface area contributed by atoms with Gasteiger partial charge in [-0.3, -0.25) is 4.79 Å². The van der Waals surface area contributed by atoms with Crippen LogP contribution < -0.4 is 5.73 Å². The maximum absolute atomic E-state index is 12.7. The molecule has 1 amide bonds. The van der Waals surface area contributed by atoms with Crippen LogP contribution in [0.3, 0.4) is 0 Å². The lowest BCUT2D eigenvalue weighted by atomic mass is 10.2. The molecule has 2 aliphatic rings. The van der Waals surface area contributed by atoms with Crippen LogP contribution in [0.2, 0.25) is 0 Å². The van der Waals surface area contributed by atoms with Crippen molar-refractivity contribution < 1.29 is 9.18 Å². The zero-order valence-electron chi connectivity index (χ0n) is 9.47. The average molecular weight is 234 g/mol. The molecule has 90 valence electrons. The summed E-state index contributed by atoms with van der Waals surface area (Å²) in [4.78, 5) is 13.8. The molecule has 2 fully saturated rings. The van der Waals surface area contributed by atoms with Gasteiger partial charge in [-0.25, -0.2) is 4.39 Å². The van der Waals surface area contributed by atoms with Crippen molar-refractivity contribution in [1.82, 2.24) is 4.90 Å². The van der Waals surface area contributed by atoms with Crippen LogP contribution in [-0.2, 0) is 11.3 Å². The number of carbonyl (C=O) groups excluding carboxylic acids is 1. The number of nitrogens with two attached hydrogens (primary N) is 1. The third-order valence-electron chi connectivity index (χ3n) is 3.92. The highest BCUT2D eigenvalue weighted by Crippen LogP contribution is 2.52. The van der Waals surface area contributed by atoms with Gasteiger partial charge in [-0.15, -0.1) is 0 Å². The second kappa shape index (κ2) is 3.81. The molecule has 0 aromatic heterocycles. The molecule has 1 aromatic rings. The van der Waals surface area contributed by atoms with Crippen LogP contribution in [0.25, 0.3) is 0 Å². The van der Waals surface area contributed by atoms with Crippen LogP contribution in [0.4, 0.5) is 4.39 Å². The number of piperidine rings is 1. The SMILES string of the molecule is NCC1C2CN(Cc3ccc(F)cc3)C(=O)C12. The van der Waals surface area contributed by atoms with E-state index in [1.807, 2.05) is 4.90 Å². The van der Waals surface area contributed by atoms with E-state index in [4.69, 9.17) is 5.73 Å². The lowest BCUT2D eigenvalue weighted by Gasteiger charge is -2.19.